The molecule has 3 heteroatoms. The smallest absolute Gasteiger partial charge is 0.308 e. The minimum Gasteiger partial charge on any atom is -0.426 e. The van der Waals surface area contributed by atoms with Crippen LogP contribution in [-0.2, 0) is 4.79 Å². The average Bonchev–Trinajstić information content (AvgIpc) is 2.50. The number of nitriles is 1. The molecule has 0 saturated carbocycles. The molecule has 0 spiro atoms. The predicted octanol–water partition coefficient (Wildman–Crippen LogP) is 2.59. The molecule has 0 atom stereocenters. The Kier molecular flexibility index (Phi) is 2.57. The van der Waals surface area contributed by atoms with Crippen LogP contribution in [0.2, 0.25) is 0 Å². The lowest BCUT2D eigenvalue weighted by Crippen LogP contribution is -2.00. The lowest BCUT2D eigenvalue weighted by molar-refractivity contribution is -0.131. The first kappa shape index (κ1) is 10.2. The molecule has 0 bridgehead atoms. The van der Waals surface area contributed by atoms with Crippen LogP contribution in [0.1, 0.15) is 12.5 Å². The number of hydrogen-bond acceptors (Lipinski definition) is 3. The van der Waals surface area contributed by atoms with Gasteiger partial charge in [0.05, 0.1) is 11.6 Å². The second-order valence-electron chi connectivity index (χ2n) is 3.39. The van der Waals surface area contributed by atoms with Gasteiger partial charge in [0.15, 0.2) is 0 Å². The molecule has 0 N–H and O–H groups in total. The first-order chi connectivity index (χ1) is 7.70. The largest absolute Gasteiger partial charge is 0.426 e. The molecule has 0 fully saturated rings. The number of rotatable bonds is 1. The standard InChI is InChI=1S/C13H9NO2/c1-9(15)16-13-7-5-11-4-2-10(8-14)3-6-12(11)13/h2-7H,1H3. The van der Waals surface area contributed by atoms with Crippen molar-refractivity contribution in [3.63, 3.8) is 0 Å². The van der Waals surface area contributed by atoms with Crippen molar-refractivity contribution in [2.45, 2.75) is 6.92 Å². The highest BCUT2D eigenvalue weighted by atomic mass is 16.5. The minimum absolute atomic E-state index is 0.348. The Bertz CT molecular complexity index is 554. The fourth-order valence-corrected chi connectivity index (χ4v) is 1.54. The maximum absolute atomic E-state index is 10.9. The molecule has 0 radical (unpaired) electrons. The zero-order chi connectivity index (χ0) is 11.5. The minimum atomic E-state index is -0.348. The normalized spacial score (nSPS) is 9.75. The second kappa shape index (κ2) is 4.03. The van der Waals surface area contributed by atoms with Gasteiger partial charge < -0.3 is 4.74 Å². The highest BCUT2D eigenvalue weighted by molar-refractivity contribution is 5.79. The lowest BCUT2D eigenvalue weighted by Gasteiger charge is -2.00. The number of hydrogen-bond donors (Lipinski definition) is 0. The Morgan fingerprint density at radius 2 is 1.88 bits per heavy atom. The fraction of sp³-hybridized carbons (Fsp3) is 0.0769. The van der Waals surface area contributed by atoms with E-state index in [1.165, 1.54) is 6.92 Å². The summed E-state index contributed by atoms with van der Waals surface area (Å²) < 4.78 is 5.06. The number of esters is 1. The summed E-state index contributed by atoms with van der Waals surface area (Å²) in [6.45, 7) is 1.36. The Balaban J connectivity index is 2.51. The quantitative estimate of drug-likeness (QED) is 0.681. The Hall–Kier alpha value is -2.34. The summed E-state index contributed by atoms with van der Waals surface area (Å²) in [6.07, 6.45) is 0. The SMILES string of the molecule is CC(=O)Oc1ccc2ccc(C#N)ccc1-2. The van der Waals surface area contributed by atoms with Gasteiger partial charge in [-0.25, -0.2) is 0 Å². The number of nitrogens with zero attached hydrogens (tertiary/aromatic N) is 1. The van der Waals surface area contributed by atoms with Gasteiger partial charge in [0.25, 0.3) is 0 Å². The van der Waals surface area contributed by atoms with Crippen molar-refractivity contribution in [3.05, 3.63) is 42.0 Å². The number of ether oxygens (including phenoxy) is 1. The molecule has 0 aromatic carbocycles. The van der Waals surface area contributed by atoms with E-state index in [2.05, 4.69) is 6.07 Å². The summed E-state index contributed by atoms with van der Waals surface area (Å²) in [5, 5.41) is 8.77. The van der Waals surface area contributed by atoms with E-state index in [0.717, 1.165) is 11.1 Å². The van der Waals surface area contributed by atoms with Crippen molar-refractivity contribution in [2.75, 3.05) is 0 Å². The predicted molar refractivity (Wildman–Crippen MR) is 59.1 cm³/mol. The van der Waals surface area contributed by atoms with Gasteiger partial charge in [0.1, 0.15) is 5.75 Å². The summed E-state index contributed by atoms with van der Waals surface area (Å²) in [6, 6.07) is 12.7. The van der Waals surface area contributed by atoms with Crippen molar-refractivity contribution in [3.8, 4) is 22.9 Å². The number of carbonyl (C=O) groups is 1. The van der Waals surface area contributed by atoms with Gasteiger partial charge in [-0.3, -0.25) is 4.79 Å². The second-order valence-corrected chi connectivity index (χ2v) is 3.39. The van der Waals surface area contributed by atoms with E-state index in [0.29, 0.717) is 11.3 Å². The molecule has 16 heavy (non-hydrogen) atoms. The molecule has 2 rings (SSSR count). The summed E-state index contributed by atoms with van der Waals surface area (Å²) in [5.74, 6) is 0.183. The summed E-state index contributed by atoms with van der Waals surface area (Å²) in [7, 11) is 0. The maximum atomic E-state index is 10.9. The first-order valence-electron chi connectivity index (χ1n) is 4.82. The zero-order valence-electron chi connectivity index (χ0n) is 8.73. The van der Waals surface area contributed by atoms with Crippen LogP contribution in [0, 0.1) is 11.3 Å². The number of carbonyl (C=O) groups excluding carboxylic acids is 1. The average molecular weight is 211 g/mol. The highest BCUT2D eigenvalue weighted by Crippen LogP contribution is 2.33. The third-order valence-corrected chi connectivity index (χ3v) is 2.25. The molecule has 2 aliphatic carbocycles. The van der Waals surface area contributed by atoms with E-state index in [-0.39, 0.29) is 5.97 Å². The van der Waals surface area contributed by atoms with Gasteiger partial charge in [-0.2, -0.15) is 5.26 Å². The van der Waals surface area contributed by atoms with Crippen LogP contribution < -0.4 is 4.74 Å². The van der Waals surface area contributed by atoms with E-state index >= 15 is 0 Å². The number of fused-ring (bicyclic) bond motifs is 1. The Morgan fingerprint density at radius 3 is 2.56 bits per heavy atom. The highest BCUT2D eigenvalue weighted by Gasteiger charge is 2.10. The summed E-state index contributed by atoms with van der Waals surface area (Å²) >= 11 is 0. The van der Waals surface area contributed by atoms with Gasteiger partial charge in [-0.1, -0.05) is 12.1 Å². The first-order valence-corrected chi connectivity index (χ1v) is 4.82. The molecule has 2 aliphatic rings. The molecule has 78 valence electrons. The van der Waals surface area contributed by atoms with Gasteiger partial charge >= 0.3 is 5.97 Å². The molecule has 3 nitrogen and oxygen atoms in total. The van der Waals surface area contributed by atoms with Crippen LogP contribution in [0.4, 0.5) is 0 Å². The molecule has 0 saturated heterocycles. The molecule has 0 aliphatic heterocycles. The zero-order valence-corrected chi connectivity index (χ0v) is 8.73. The monoisotopic (exact) mass is 211 g/mol. The van der Waals surface area contributed by atoms with Crippen LogP contribution in [0.3, 0.4) is 0 Å². The molecule has 0 amide bonds. The molecular weight excluding hydrogens is 202 g/mol. The fourth-order valence-electron chi connectivity index (χ4n) is 1.54. The lowest BCUT2D eigenvalue weighted by atomic mass is 10.2. The molecule has 0 aromatic heterocycles. The molecule has 0 aromatic rings. The van der Waals surface area contributed by atoms with Crippen molar-refractivity contribution in [1.82, 2.24) is 0 Å². The van der Waals surface area contributed by atoms with Crippen molar-refractivity contribution >= 4 is 5.97 Å². The van der Waals surface area contributed by atoms with E-state index in [1.807, 2.05) is 12.1 Å². The van der Waals surface area contributed by atoms with Crippen LogP contribution in [0.5, 0.6) is 5.75 Å². The van der Waals surface area contributed by atoms with E-state index in [9.17, 15) is 4.79 Å². The topological polar surface area (TPSA) is 50.1 Å². The summed E-state index contributed by atoms with van der Waals surface area (Å²) in [4.78, 5) is 10.9. The van der Waals surface area contributed by atoms with Crippen LogP contribution >= 0.6 is 0 Å². The Labute approximate surface area is 93.2 Å². The summed E-state index contributed by atoms with van der Waals surface area (Å²) in [5.41, 5.74) is 2.35. The van der Waals surface area contributed by atoms with Crippen molar-refractivity contribution in [1.29, 1.82) is 5.26 Å². The Morgan fingerprint density at radius 1 is 1.19 bits per heavy atom. The van der Waals surface area contributed by atoms with Gasteiger partial charge in [0, 0.05) is 12.5 Å². The van der Waals surface area contributed by atoms with Crippen LogP contribution in [-0.4, -0.2) is 5.97 Å². The van der Waals surface area contributed by atoms with Crippen molar-refractivity contribution < 1.29 is 9.53 Å². The molecule has 0 heterocycles. The van der Waals surface area contributed by atoms with E-state index in [1.54, 1.807) is 24.3 Å². The van der Waals surface area contributed by atoms with Gasteiger partial charge in [0.2, 0.25) is 0 Å². The van der Waals surface area contributed by atoms with Crippen LogP contribution in [0.15, 0.2) is 36.4 Å². The van der Waals surface area contributed by atoms with Gasteiger partial charge in [-0.05, 0) is 29.8 Å². The molecular formula is C13H9NO2. The van der Waals surface area contributed by atoms with E-state index < -0.39 is 0 Å². The maximum Gasteiger partial charge on any atom is 0.308 e. The van der Waals surface area contributed by atoms with Crippen LogP contribution in [0.25, 0.3) is 11.1 Å². The third kappa shape index (κ3) is 1.86. The molecule has 0 unspecified atom stereocenters. The van der Waals surface area contributed by atoms with Gasteiger partial charge in [-0.15, -0.1) is 0 Å². The third-order valence-electron chi connectivity index (χ3n) is 2.25. The van der Waals surface area contributed by atoms with E-state index in [4.69, 9.17) is 10.00 Å². The van der Waals surface area contributed by atoms with Crippen molar-refractivity contribution in [2.24, 2.45) is 0 Å².